The number of hydrogen-bond donors (Lipinski definition) is 1. The summed E-state index contributed by atoms with van der Waals surface area (Å²) < 4.78 is 5.22. The molecule has 94 valence electrons. The fraction of sp³-hybridized carbons (Fsp3) is 0.0667. The molecule has 0 fully saturated rings. The van der Waals surface area contributed by atoms with Crippen molar-refractivity contribution < 1.29 is 4.52 Å². The minimum atomic E-state index is 0.461. The molecule has 0 amide bonds. The minimum absolute atomic E-state index is 0.461. The number of hydrogen-bond acceptors (Lipinski definition) is 4. The fourth-order valence-electron chi connectivity index (χ4n) is 1.74. The topological polar surface area (TPSA) is 51.0 Å². The molecule has 0 aliphatic rings. The average Bonchev–Trinajstić information content (AvgIpc) is 2.91. The molecule has 4 heteroatoms. The van der Waals surface area contributed by atoms with Gasteiger partial charge in [0.05, 0.1) is 0 Å². The van der Waals surface area contributed by atoms with Gasteiger partial charge >= 0.3 is 0 Å². The van der Waals surface area contributed by atoms with Crippen molar-refractivity contribution in [3.63, 3.8) is 0 Å². The van der Waals surface area contributed by atoms with Gasteiger partial charge in [-0.25, -0.2) is 0 Å². The lowest BCUT2D eigenvalue weighted by Crippen LogP contribution is -1.92. The van der Waals surface area contributed by atoms with E-state index in [1.807, 2.05) is 61.5 Å². The van der Waals surface area contributed by atoms with E-state index in [1.165, 1.54) is 5.56 Å². The molecular weight excluding hydrogens is 238 g/mol. The summed E-state index contributed by atoms with van der Waals surface area (Å²) in [6, 6.07) is 17.7. The smallest absolute Gasteiger partial charge is 0.268 e. The highest BCUT2D eigenvalue weighted by Crippen LogP contribution is 2.20. The van der Waals surface area contributed by atoms with Crippen LogP contribution in [0.1, 0.15) is 5.56 Å². The molecule has 0 atom stereocenters. The Hall–Kier alpha value is -2.62. The summed E-state index contributed by atoms with van der Waals surface area (Å²) in [5.74, 6) is 0.970. The molecule has 0 radical (unpaired) electrons. The number of rotatable bonds is 3. The lowest BCUT2D eigenvalue weighted by molar-refractivity contribution is 0.433. The summed E-state index contributed by atoms with van der Waals surface area (Å²) in [5.41, 5.74) is 3.06. The van der Waals surface area contributed by atoms with E-state index >= 15 is 0 Å². The first kappa shape index (κ1) is 11.5. The molecule has 0 unspecified atom stereocenters. The molecule has 1 heterocycles. The van der Waals surface area contributed by atoms with Crippen LogP contribution in [0.4, 0.5) is 11.6 Å². The maximum atomic E-state index is 5.22. The van der Waals surface area contributed by atoms with Gasteiger partial charge in [-0.1, -0.05) is 35.9 Å². The largest absolute Gasteiger partial charge is 0.332 e. The molecule has 1 N–H and O–H groups in total. The first-order valence-electron chi connectivity index (χ1n) is 6.04. The van der Waals surface area contributed by atoms with E-state index in [2.05, 4.69) is 15.5 Å². The summed E-state index contributed by atoms with van der Waals surface area (Å²) >= 11 is 0. The fourth-order valence-corrected chi connectivity index (χ4v) is 1.74. The number of nitrogens with zero attached hydrogens (tertiary/aromatic N) is 2. The van der Waals surface area contributed by atoms with Gasteiger partial charge in [0.1, 0.15) is 0 Å². The molecule has 0 aliphatic carbocycles. The number of aryl methyl sites for hydroxylation is 1. The highest BCUT2D eigenvalue weighted by molar-refractivity contribution is 5.57. The van der Waals surface area contributed by atoms with Gasteiger partial charge < -0.3 is 9.84 Å². The van der Waals surface area contributed by atoms with Gasteiger partial charge in [0, 0.05) is 11.3 Å². The van der Waals surface area contributed by atoms with Crippen LogP contribution in [0.25, 0.3) is 11.5 Å². The van der Waals surface area contributed by atoms with Crippen molar-refractivity contribution in [2.45, 2.75) is 6.92 Å². The quantitative estimate of drug-likeness (QED) is 0.769. The van der Waals surface area contributed by atoms with Crippen LogP contribution in [0, 0.1) is 6.92 Å². The molecule has 19 heavy (non-hydrogen) atoms. The van der Waals surface area contributed by atoms with Crippen LogP contribution in [0.15, 0.2) is 59.1 Å². The van der Waals surface area contributed by atoms with E-state index < -0.39 is 0 Å². The molecule has 4 nitrogen and oxygen atoms in total. The maximum Gasteiger partial charge on any atom is 0.268 e. The zero-order valence-electron chi connectivity index (χ0n) is 10.5. The molecule has 0 saturated carbocycles. The predicted molar refractivity (Wildman–Crippen MR) is 74.2 cm³/mol. The number of nitrogens with one attached hydrogen (secondary N) is 1. The first-order valence-corrected chi connectivity index (χ1v) is 6.04. The van der Waals surface area contributed by atoms with Crippen molar-refractivity contribution >= 4 is 11.6 Å². The third-order valence-corrected chi connectivity index (χ3v) is 2.75. The Labute approximate surface area is 111 Å². The summed E-state index contributed by atoms with van der Waals surface area (Å²) in [4.78, 5) is 4.31. The Balaban J connectivity index is 1.80. The Bertz CT molecular complexity index is 659. The van der Waals surface area contributed by atoms with Gasteiger partial charge in [-0.05, 0) is 36.3 Å². The van der Waals surface area contributed by atoms with Gasteiger partial charge in [-0.3, -0.25) is 0 Å². The molecule has 3 rings (SSSR count). The Morgan fingerprint density at radius 3 is 2.42 bits per heavy atom. The molecular formula is C15H13N3O. The monoisotopic (exact) mass is 251 g/mol. The lowest BCUT2D eigenvalue weighted by atomic mass is 10.2. The second-order valence-electron chi connectivity index (χ2n) is 4.28. The van der Waals surface area contributed by atoms with E-state index in [9.17, 15) is 0 Å². The first-order chi connectivity index (χ1) is 9.31. The van der Waals surface area contributed by atoms with Crippen LogP contribution >= 0.6 is 0 Å². The molecule has 0 spiro atoms. The van der Waals surface area contributed by atoms with Crippen LogP contribution in [0.3, 0.4) is 0 Å². The zero-order valence-corrected chi connectivity index (χ0v) is 10.5. The lowest BCUT2D eigenvalue weighted by Gasteiger charge is -2.00. The van der Waals surface area contributed by atoms with Gasteiger partial charge in [0.15, 0.2) is 0 Å². The molecule has 3 aromatic rings. The Morgan fingerprint density at radius 2 is 1.68 bits per heavy atom. The molecule has 0 saturated heterocycles. The molecule has 0 aliphatic heterocycles. The Kier molecular flexibility index (Phi) is 2.98. The minimum Gasteiger partial charge on any atom is -0.332 e. The van der Waals surface area contributed by atoms with Crippen LogP contribution < -0.4 is 5.32 Å². The Morgan fingerprint density at radius 1 is 0.947 bits per heavy atom. The third-order valence-electron chi connectivity index (χ3n) is 2.75. The van der Waals surface area contributed by atoms with Gasteiger partial charge in [-0.15, -0.1) is 0 Å². The number of aromatic nitrogens is 2. The zero-order chi connectivity index (χ0) is 13.1. The summed E-state index contributed by atoms with van der Waals surface area (Å²) in [6.45, 7) is 2.05. The standard InChI is InChI=1S/C15H13N3O/c1-11-7-9-13(10-8-11)16-15-17-14(19-18-15)12-5-3-2-4-6-12/h2-10H,1H3,(H,16,18). The summed E-state index contributed by atoms with van der Waals surface area (Å²) in [7, 11) is 0. The molecule has 0 bridgehead atoms. The normalized spacial score (nSPS) is 10.4. The predicted octanol–water partition coefficient (Wildman–Crippen LogP) is 3.79. The second kappa shape index (κ2) is 4.94. The van der Waals surface area contributed by atoms with E-state index in [4.69, 9.17) is 4.52 Å². The van der Waals surface area contributed by atoms with E-state index in [0.29, 0.717) is 11.8 Å². The highest BCUT2D eigenvalue weighted by Gasteiger charge is 2.07. The number of benzene rings is 2. The van der Waals surface area contributed by atoms with Gasteiger partial charge in [0.25, 0.3) is 11.8 Å². The third kappa shape index (κ3) is 2.63. The van der Waals surface area contributed by atoms with Gasteiger partial charge in [-0.2, -0.15) is 4.98 Å². The van der Waals surface area contributed by atoms with Crippen molar-refractivity contribution in [2.75, 3.05) is 5.32 Å². The van der Waals surface area contributed by atoms with Crippen LogP contribution in [0.2, 0.25) is 0 Å². The van der Waals surface area contributed by atoms with Crippen molar-refractivity contribution in [1.82, 2.24) is 10.1 Å². The van der Waals surface area contributed by atoms with Crippen LogP contribution in [0.5, 0.6) is 0 Å². The summed E-state index contributed by atoms with van der Waals surface area (Å²) in [6.07, 6.45) is 0. The van der Waals surface area contributed by atoms with Crippen molar-refractivity contribution in [3.8, 4) is 11.5 Å². The van der Waals surface area contributed by atoms with Gasteiger partial charge in [0.2, 0.25) is 0 Å². The van der Waals surface area contributed by atoms with E-state index in [-0.39, 0.29) is 0 Å². The highest BCUT2D eigenvalue weighted by atomic mass is 16.5. The van der Waals surface area contributed by atoms with Crippen molar-refractivity contribution in [2.24, 2.45) is 0 Å². The molecule has 1 aromatic heterocycles. The number of anilines is 2. The van der Waals surface area contributed by atoms with Crippen LogP contribution in [-0.4, -0.2) is 10.1 Å². The second-order valence-corrected chi connectivity index (χ2v) is 4.28. The van der Waals surface area contributed by atoms with E-state index in [0.717, 1.165) is 11.3 Å². The summed E-state index contributed by atoms with van der Waals surface area (Å²) in [5, 5.41) is 7.02. The van der Waals surface area contributed by atoms with E-state index in [1.54, 1.807) is 0 Å². The van der Waals surface area contributed by atoms with Crippen molar-refractivity contribution in [3.05, 3.63) is 60.2 Å². The maximum absolute atomic E-state index is 5.22. The SMILES string of the molecule is Cc1ccc(Nc2noc(-c3ccccc3)n2)cc1. The average molecular weight is 251 g/mol. The van der Waals surface area contributed by atoms with Crippen molar-refractivity contribution in [1.29, 1.82) is 0 Å². The van der Waals surface area contributed by atoms with Crippen LogP contribution in [-0.2, 0) is 0 Å². The molecule has 2 aromatic carbocycles.